The third-order valence-corrected chi connectivity index (χ3v) is 4.65. The molecule has 0 aliphatic heterocycles. The van der Waals surface area contributed by atoms with Crippen molar-refractivity contribution < 1.29 is 18.3 Å². The summed E-state index contributed by atoms with van der Waals surface area (Å²) in [6.45, 7) is 0.173. The van der Waals surface area contributed by atoms with Crippen LogP contribution in [0.1, 0.15) is 5.56 Å². The number of nitrogen functional groups attached to an aromatic ring is 1. The van der Waals surface area contributed by atoms with Crippen LogP contribution in [0, 0.1) is 0 Å². The number of benzene rings is 2. The van der Waals surface area contributed by atoms with Gasteiger partial charge in [0.05, 0.1) is 12.0 Å². The summed E-state index contributed by atoms with van der Waals surface area (Å²) < 4.78 is 31.7. The molecule has 0 fully saturated rings. The molecule has 22 heavy (non-hydrogen) atoms. The molecule has 2 aromatic carbocycles. The fourth-order valence-corrected chi connectivity index (χ4v) is 2.96. The molecule has 0 amide bonds. The van der Waals surface area contributed by atoms with Gasteiger partial charge in [-0.05, 0) is 42.3 Å². The molecule has 4 N–H and O–H groups in total. The molecule has 0 aromatic heterocycles. The van der Waals surface area contributed by atoms with Gasteiger partial charge in [-0.25, -0.2) is 13.1 Å². The maximum absolute atomic E-state index is 12.1. The second kappa shape index (κ2) is 6.67. The Bertz CT molecular complexity index is 743. The van der Waals surface area contributed by atoms with Crippen LogP contribution in [0.25, 0.3) is 0 Å². The lowest BCUT2D eigenvalue weighted by molar-refractivity contribution is 0.406. The van der Waals surface area contributed by atoms with Crippen molar-refractivity contribution in [2.24, 2.45) is 0 Å². The van der Waals surface area contributed by atoms with E-state index < -0.39 is 10.0 Å². The number of methoxy groups -OCH3 is 1. The van der Waals surface area contributed by atoms with Crippen molar-refractivity contribution in [1.82, 2.24) is 4.72 Å². The van der Waals surface area contributed by atoms with E-state index in [0.29, 0.717) is 23.4 Å². The Kier molecular flexibility index (Phi) is 4.89. The first-order chi connectivity index (χ1) is 10.4. The normalized spacial score (nSPS) is 11.3. The first-order valence-electron chi connectivity index (χ1n) is 6.63. The van der Waals surface area contributed by atoms with Crippen molar-refractivity contribution in [3.8, 4) is 11.5 Å². The molecular formula is C15H18N2O4S. The molecular weight excluding hydrogens is 304 g/mol. The van der Waals surface area contributed by atoms with E-state index in [-0.39, 0.29) is 17.2 Å². The number of sulfonamides is 1. The number of nitrogens with two attached hydrogens (primary N) is 1. The Morgan fingerprint density at radius 2 is 1.86 bits per heavy atom. The van der Waals surface area contributed by atoms with Gasteiger partial charge < -0.3 is 15.6 Å². The second-order valence-corrected chi connectivity index (χ2v) is 6.48. The highest BCUT2D eigenvalue weighted by Crippen LogP contribution is 2.23. The molecule has 0 aliphatic carbocycles. The van der Waals surface area contributed by atoms with Crippen LogP contribution in [0.5, 0.6) is 11.5 Å². The maximum Gasteiger partial charge on any atom is 0.240 e. The zero-order chi connectivity index (χ0) is 16.2. The summed E-state index contributed by atoms with van der Waals surface area (Å²) >= 11 is 0. The van der Waals surface area contributed by atoms with Crippen molar-refractivity contribution in [2.45, 2.75) is 11.3 Å². The minimum Gasteiger partial charge on any atom is -0.508 e. The highest BCUT2D eigenvalue weighted by molar-refractivity contribution is 7.89. The number of ether oxygens (including phenoxy) is 1. The fourth-order valence-electron chi connectivity index (χ4n) is 1.93. The average Bonchev–Trinajstić information content (AvgIpc) is 2.49. The zero-order valence-corrected chi connectivity index (χ0v) is 12.9. The molecule has 0 bridgehead atoms. The van der Waals surface area contributed by atoms with Crippen LogP contribution in [0.2, 0.25) is 0 Å². The SMILES string of the molecule is COc1ccc(CCNS(=O)(=O)c2ccc(N)cc2)c(O)c1. The molecule has 0 radical (unpaired) electrons. The molecule has 0 atom stereocenters. The molecule has 0 unspecified atom stereocenters. The minimum absolute atomic E-state index is 0.0750. The van der Waals surface area contributed by atoms with E-state index in [1.54, 1.807) is 12.1 Å². The second-order valence-electron chi connectivity index (χ2n) is 4.71. The Balaban J connectivity index is 1.99. The van der Waals surface area contributed by atoms with E-state index in [1.165, 1.54) is 37.4 Å². The number of hydrogen-bond acceptors (Lipinski definition) is 5. The average molecular weight is 322 g/mol. The van der Waals surface area contributed by atoms with Gasteiger partial charge in [0.1, 0.15) is 11.5 Å². The van der Waals surface area contributed by atoms with Crippen LogP contribution in [0.4, 0.5) is 5.69 Å². The van der Waals surface area contributed by atoms with Gasteiger partial charge in [0.15, 0.2) is 0 Å². The molecule has 2 rings (SSSR count). The third kappa shape index (κ3) is 3.90. The summed E-state index contributed by atoms with van der Waals surface area (Å²) in [6.07, 6.45) is 0.365. The molecule has 0 saturated carbocycles. The van der Waals surface area contributed by atoms with E-state index >= 15 is 0 Å². The Hall–Kier alpha value is -2.25. The van der Waals surface area contributed by atoms with Gasteiger partial charge in [-0.1, -0.05) is 6.07 Å². The molecule has 2 aromatic rings. The molecule has 118 valence electrons. The van der Waals surface area contributed by atoms with Gasteiger partial charge in [-0.2, -0.15) is 0 Å². The van der Waals surface area contributed by atoms with E-state index in [9.17, 15) is 13.5 Å². The van der Waals surface area contributed by atoms with Gasteiger partial charge >= 0.3 is 0 Å². The number of hydrogen-bond donors (Lipinski definition) is 3. The van der Waals surface area contributed by atoms with Gasteiger partial charge in [0, 0.05) is 18.3 Å². The van der Waals surface area contributed by atoms with Crippen molar-refractivity contribution in [3.05, 3.63) is 48.0 Å². The fraction of sp³-hybridized carbons (Fsp3) is 0.200. The summed E-state index contributed by atoms with van der Waals surface area (Å²) in [5.74, 6) is 0.620. The molecule has 0 heterocycles. The Labute approximate surface area is 129 Å². The van der Waals surface area contributed by atoms with Gasteiger partial charge in [-0.15, -0.1) is 0 Å². The molecule has 0 saturated heterocycles. The smallest absolute Gasteiger partial charge is 0.240 e. The van der Waals surface area contributed by atoms with Crippen LogP contribution in [-0.4, -0.2) is 27.2 Å². The number of aromatic hydroxyl groups is 1. The van der Waals surface area contributed by atoms with E-state index in [0.717, 1.165) is 0 Å². The summed E-state index contributed by atoms with van der Waals surface area (Å²) in [5.41, 5.74) is 6.67. The summed E-state index contributed by atoms with van der Waals surface area (Å²) in [4.78, 5) is 0.153. The van der Waals surface area contributed by atoms with Crippen molar-refractivity contribution in [2.75, 3.05) is 19.4 Å². The quantitative estimate of drug-likeness (QED) is 0.700. The number of rotatable bonds is 6. The highest BCUT2D eigenvalue weighted by atomic mass is 32.2. The van der Waals surface area contributed by atoms with Gasteiger partial charge in [-0.3, -0.25) is 0 Å². The standard InChI is InChI=1S/C15H18N2O4S/c1-21-13-5-2-11(15(18)10-13)8-9-17-22(19,20)14-6-3-12(16)4-7-14/h2-7,10,17-18H,8-9,16H2,1H3. The zero-order valence-electron chi connectivity index (χ0n) is 12.1. The van der Waals surface area contributed by atoms with Crippen LogP contribution in [0.3, 0.4) is 0 Å². The summed E-state index contributed by atoms with van der Waals surface area (Å²) in [5, 5.41) is 9.83. The molecule has 0 aliphatic rings. The monoisotopic (exact) mass is 322 g/mol. The largest absolute Gasteiger partial charge is 0.508 e. The lowest BCUT2D eigenvalue weighted by Gasteiger charge is -2.09. The lowest BCUT2D eigenvalue weighted by Crippen LogP contribution is -2.26. The molecule has 6 nitrogen and oxygen atoms in total. The summed E-state index contributed by atoms with van der Waals surface area (Å²) in [7, 11) is -2.08. The first kappa shape index (κ1) is 16.1. The van der Waals surface area contributed by atoms with Crippen LogP contribution >= 0.6 is 0 Å². The topological polar surface area (TPSA) is 102 Å². The van der Waals surface area contributed by atoms with Crippen molar-refractivity contribution >= 4 is 15.7 Å². The third-order valence-electron chi connectivity index (χ3n) is 3.17. The van der Waals surface area contributed by atoms with Gasteiger partial charge in [0.25, 0.3) is 0 Å². The Morgan fingerprint density at radius 1 is 1.18 bits per heavy atom. The number of anilines is 1. The molecule has 0 spiro atoms. The number of phenols is 1. The predicted octanol–water partition coefficient (Wildman–Crippen LogP) is 1.50. The maximum atomic E-state index is 12.1. The van der Waals surface area contributed by atoms with E-state index in [2.05, 4.69) is 4.72 Å². The first-order valence-corrected chi connectivity index (χ1v) is 8.12. The Morgan fingerprint density at radius 3 is 2.45 bits per heavy atom. The van der Waals surface area contributed by atoms with Gasteiger partial charge in [0.2, 0.25) is 10.0 Å². The predicted molar refractivity (Wildman–Crippen MR) is 84.4 cm³/mol. The van der Waals surface area contributed by atoms with Crippen LogP contribution in [0.15, 0.2) is 47.4 Å². The van der Waals surface area contributed by atoms with E-state index in [1.807, 2.05) is 0 Å². The highest BCUT2D eigenvalue weighted by Gasteiger charge is 2.13. The van der Waals surface area contributed by atoms with Crippen LogP contribution < -0.4 is 15.2 Å². The van der Waals surface area contributed by atoms with Crippen LogP contribution in [-0.2, 0) is 16.4 Å². The number of nitrogens with one attached hydrogen (secondary N) is 1. The lowest BCUT2D eigenvalue weighted by atomic mass is 10.1. The minimum atomic E-state index is -3.58. The van der Waals surface area contributed by atoms with Crippen molar-refractivity contribution in [1.29, 1.82) is 0 Å². The number of phenolic OH excluding ortho intramolecular Hbond substituents is 1. The van der Waals surface area contributed by atoms with Crippen molar-refractivity contribution in [3.63, 3.8) is 0 Å². The molecule has 7 heteroatoms. The summed E-state index contributed by atoms with van der Waals surface area (Å²) in [6, 6.07) is 10.9. The van der Waals surface area contributed by atoms with E-state index in [4.69, 9.17) is 10.5 Å².